The maximum atomic E-state index is 12.8. The van der Waals surface area contributed by atoms with E-state index in [2.05, 4.69) is 15.1 Å². The zero-order valence-electron chi connectivity index (χ0n) is 12.7. The molecule has 0 unspecified atom stereocenters. The van der Waals surface area contributed by atoms with Gasteiger partial charge in [0.15, 0.2) is 5.69 Å². The quantitative estimate of drug-likeness (QED) is 0.918. The Hall–Kier alpha value is -2.32. The molecule has 1 atom stereocenters. The van der Waals surface area contributed by atoms with Gasteiger partial charge in [-0.2, -0.15) is 18.3 Å². The van der Waals surface area contributed by atoms with Crippen LogP contribution in [-0.4, -0.2) is 43.6 Å². The summed E-state index contributed by atoms with van der Waals surface area (Å²) in [5.41, 5.74) is -0.182. The van der Waals surface area contributed by atoms with Crippen LogP contribution in [0.3, 0.4) is 0 Å². The monoisotopic (exact) mass is 327 g/mol. The van der Waals surface area contributed by atoms with Crippen LogP contribution in [0.15, 0.2) is 12.3 Å². The predicted octanol–water partition coefficient (Wildman–Crippen LogP) is 2.10. The Labute approximate surface area is 130 Å². The predicted molar refractivity (Wildman–Crippen MR) is 74.8 cm³/mol. The highest BCUT2D eigenvalue weighted by molar-refractivity contribution is 5.92. The van der Waals surface area contributed by atoms with Crippen molar-refractivity contribution in [3.05, 3.63) is 35.2 Å². The van der Waals surface area contributed by atoms with Gasteiger partial charge in [0.1, 0.15) is 11.5 Å². The van der Waals surface area contributed by atoms with Gasteiger partial charge in [-0.15, -0.1) is 0 Å². The van der Waals surface area contributed by atoms with Gasteiger partial charge >= 0.3 is 6.18 Å². The first-order valence-corrected chi connectivity index (χ1v) is 7.17. The van der Waals surface area contributed by atoms with Crippen molar-refractivity contribution in [1.29, 1.82) is 0 Å². The number of alkyl halides is 3. The standard InChI is InChI=1S/C14H16F3N5O/c1-8-6-18-12(19-8)9-3-4-22(7-9)13(23)10-5-11(14(15,16)17)21(2)20-10/h5-6,9H,3-4,7H2,1-2H3,(H,18,19)/t9-/m1/s1. The SMILES string of the molecule is Cc1cnc([C@@H]2CCN(C(=O)c3cc(C(F)(F)F)n(C)n3)C2)[nH]1. The molecule has 2 aromatic rings. The number of halogens is 3. The number of nitrogens with zero attached hydrogens (tertiary/aromatic N) is 4. The van der Waals surface area contributed by atoms with Gasteiger partial charge in [0.25, 0.3) is 5.91 Å². The maximum Gasteiger partial charge on any atom is 0.433 e. The number of rotatable bonds is 2. The van der Waals surface area contributed by atoms with E-state index in [1.807, 2.05) is 6.92 Å². The molecule has 1 N–H and O–H groups in total. The summed E-state index contributed by atoms with van der Waals surface area (Å²) in [6, 6.07) is 0.798. The number of H-pyrrole nitrogens is 1. The minimum Gasteiger partial charge on any atom is -0.346 e. The van der Waals surface area contributed by atoms with Crippen molar-refractivity contribution in [1.82, 2.24) is 24.6 Å². The Kier molecular flexibility index (Phi) is 3.65. The first-order valence-electron chi connectivity index (χ1n) is 7.17. The van der Waals surface area contributed by atoms with Crippen LogP contribution in [-0.2, 0) is 13.2 Å². The zero-order valence-corrected chi connectivity index (χ0v) is 12.7. The molecule has 23 heavy (non-hydrogen) atoms. The molecule has 9 heteroatoms. The van der Waals surface area contributed by atoms with Gasteiger partial charge in [-0.3, -0.25) is 9.48 Å². The van der Waals surface area contributed by atoms with Crippen LogP contribution in [0.25, 0.3) is 0 Å². The van der Waals surface area contributed by atoms with E-state index >= 15 is 0 Å². The number of carbonyl (C=O) groups is 1. The fourth-order valence-electron chi connectivity index (χ4n) is 2.81. The lowest BCUT2D eigenvalue weighted by molar-refractivity contribution is -0.143. The Morgan fingerprint density at radius 1 is 1.43 bits per heavy atom. The van der Waals surface area contributed by atoms with E-state index in [4.69, 9.17) is 0 Å². The lowest BCUT2D eigenvalue weighted by Crippen LogP contribution is -2.29. The van der Waals surface area contributed by atoms with Gasteiger partial charge in [-0.25, -0.2) is 4.98 Å². The first-order chi connectivity index (χ1) is 10.8. The van der Waals surface area contributed by atoms with Crippen LogP contribution in [0.2, 0.25) is 0 Å². The molecule has 6 nitrogen and oxygen atoms in total. The van der Waals surface area contributed by atoms with E-state index in [1.54, 1.807) is 6.20 Å². The summed E-state index contributed by atoms with van der Waals surface area (Å²) in [6.07, 6.45) is -2.09. The Morgan fingerprint density at radius 2 is 2.17 bits per heavy atom. The van der Waals surface area contributed by atoms with Crippen molar-refractivity contribution in [2.24, 2.45) is 7.05 Å². The number of aryl methyl sites for hydroxylation is 2. The third kappa shape index (κ3) is 2.95. The summed E-state index contributed by atoms with van der Waals surface area (Å²) >= 11 is 0. The smallest absolute Gasteiger partial charge is 0.346 e. The highest BCUT2D eigenvalue weighted by Gasteiger charge is 2.37. The van der Waals surface area contributed by atoms with Crippen LogP contribution < -0.4 is 0 Å². The number of likely N-dealkylation sites (tertiary alicyclic amines) is 1. The Balaban J connectivity index is 1.75. The van der Waals surface area contributed by atoms with Crippen molar-refractivity contribution >= 4 is 5.91 Å². The van der Waals surface area contributed by atoms with Crippen molar-refractivity contribution < 1.29 is 18.0 Å². The van der Waals surface area contributed by atoms with E-state index in [-0.39, 0.29) is 11.6 Å². The van der Waals surface area contributed by atoms with Crippen molar-refractivity contribution in [3.8, 4) is 0 Å². The lowest BCUT2D eigenvalue weighted by atomic mass is 10.1. The summed E-state index contributed by atoms with van der Waals surface area (Å²) in [5.74, 6) is 0.384. The minimum absolute atomic E-state index is 0.0680. The number of amides is 1. The van der Waals surface area contributed by atoms with Crippen LogP contribution in [0.1, 0.15) is 40.0 Å². The Morgan fingerprint density at radius 3 is 2.74 bits per heavy atom. The number of hydrogen-bond donors (Lipinski definition) is 1. The van der Waals surface area contributed by atoms with Gasteiger partial charge in [0, 0.05) is 44.0 Å². The molecule has 0 aromatic carbocycles. The zero-order chi connectivity index (χ0) is 16.8. The largest absolute Gasteiger partial charge is 0.433 e. The molecule has 3 heterocycles. The lowest BCUT2D eigenvalue weighted by Gasteiger charge is -2.14. The molecule has 1 aliphatic rings. The number of aromatic nitrogens is 4. The molecular formula is C14H16F3N5O. The molecule has 1 aliphatic heterocycles. The van der Waals surface area contributed by atoms with Gasteiger partial charge < -0.3 is 9.88 Å². The fourth-order valence-corrected chi connectivity index (χ4v) is 2.81. The van der Waals surface area contributed by atoms with Crippen molar-refractivity contribution in [2.75, 3.05) is 13.1 Å². The first kappa shape index (κ1) is 15.6. The van der Waals surface area contributed by atoms with E-state index in [9.17, 15) is 18.0 Å². The highest BCUT2D eigenvalue weighted by atomic mass is 19.4. The molecule has 124 valence electrons. The summed E-state index contributed by atoms with van der Waals surface area (Å²) in [7, 11) is 1.18. The Bertz CT molecular complexity index is 733. The number of nitrogens with one attached hydrogen (secondary N) is 1. The molecule has 3 rings (SSSR count). The molecule has 1 fully saturated rings. The third-order valence-electron chi connectivity index (χ3n) is 3.97. The molecule has 0 radical (unpaired) electrons. The summed E-state index contributed by atoms with van der Waals surface area (Å²) in [6.45, 7) is 2.78. The van der Waals surface area contributed by atoms with Gasteiger partial charge in [0.2, 0.25) is 0 Å². The van der Waals surface area contributed by atoms with Crippen LogP contribution >= 0.6 is 0 Å². The topological polar surface area (TPSA) is 66.8 Å². The average Bonchev–Trinajstić information content (AvgIpc) is 3.15. The van der Waals surface area contributed by atoms with Crippen LogP contribution in [0, 0.1) is 6.92 Å². The van der Waals surface area contributed by atoms with Gasteiger partial charge in [-0.05, 0) is 13.3 Å². The molecule has 0 bridgehead atoms. The molecule has 1 saturated heterocycles. The second kappa shape index (κ2) is 5.39. The van der Waals surface area contributed by atoms with Gasteiger partial charge in [-0.1, -0.05) is 0 Å². The molecule has 0 saturated carbocycles. The van der Waals surface area contributed by atoms with Crippen LogP contribution in [0.4, 0.5) is 13.2 Å². The number of carbonyl (C=O) groups excluding carboxylic acids is 1. The van der Waals surface area contributed by atoms with E-state index in [0.717, 1.165) is 24.0 Å². The second-order valence-electron chi connectivity index (χ2n) is 5.72. The number of imidazole rings is 1. The fraction of sp³-hybridized carbons (Fsp3) is 0.500. The van der Waals surface area contributed by atoms with E-state index in [0.29, 0.717) is 17.8 Å². The van der Waals surface area contributed by atoms with E-state index < -0.39 is 17.8 Å². The third-order valence-corrected chi connectivity index (χ3v) is 3.97. The minimum atomic E-state index is -4.53. The summed E-state index contributed by atoms with van der Waals surface area (Å²) in [5, 5.41) is 3.71. The highest BCUT2D eigenvalue weighted by Crippen LogP contribution is 2.30. The molecular weight excluding hydrogens is 311 g/mol. The maximum absolute atomic E-state index is 12.8. The van der Waals surface area contributed by atoms with E-state index in [1.165, 1.54) is 11.9 Å². The number of aromatic amines is 1. The normalized spacial score (nSPS) is 18.7. The van der Waals surface area contributed by atoms with Crippen LogP contribution in [0.5, 0.6) is 0 Å². The van der Waals surface area contributed by atoms with Gasteiger partial charge in [0.05, 0.1) is 0 Å². The summed E-state index contributed by atoms with van der Waals surface area (Å²) < 4.78 is 39.1. The molecule has 0 spiro atoms. The molecule has 1 amide bonds. The molecule has 2 aromatic heterocycles. The van der Waals surface area contributed by atoms with Crippen molar-refractivity contribution in [3.63, 3.8) is 0 Å². The average molecular weight is 327 g/mol. The second-order valence-corrected chi connectivity index (χ2v) is 5.72. The molecule has 0 aliphatic carbocycles. The number of hydrogen-bond acceptors (Lipinski definition) is 3. The van der Waals surface area contributed by atoms with Crippen molar-refractivity contribution in [2.45, 2.75) is 25.4 Å². The summed E-state index contributed by atoms with van der Waals surface area (Å²) in [4.78, 5) is 21.3.